The molecule has 0 amide bonds. The molecule has 1 unspecified atom stereocenters. The molecule has 8 heteroatoms. The van der Waals surface area contributed by atoms with Crippen LogP contribution >= 0.6 is 0 Å². The van der Waals surface area contributed by atoms with E-state index in [2.05, 4.69) is 0 Å². The van der Waals surface area contributed by atoms with Crippen molar-refractivity contribution in [3.8, 4) is 0 Å². The van der Waals surface area contributed by atoms with Crippen LogP contribution in [-0.2, 0) is 10.0 Å². The number of piperidine rings is 1. The molecule has 2 heterocycles. The average Bonchev–Trinajstić information content (AvgIpc) is 2.90. The van der Waals surface area contributed by atoms with Crippen LogP contribution < -0.4 is 0 Å². The SMILES string of the molecule is O=C(O)c1ccc(S(=O)(=O)N2CCCCC2CCO)o1. The van der Waals surface area contributed by atoms with Crippen LogP contribution in [0.5, 0.6) is 0 Å². The summed E-state index contributed by atoms with van der Waals surface area (Å²) >= 11 is 0. The number of hydrogen-bond donors (Lipinski definition) is 2. The molecule has 1 aromatic rings. The number of nitrogens with zero attached hydrogens (tertiary/aromatic N) is 1. The highest BCUT2D eigenvalue weighted by Crippen LogP contribution is 2.27. The minimum absolute atomic E-state index is 0.0881. The first-order valence-corrected chi connectivity index (χ1v) is 7.86. The molecule has 1 aliphatic rings. The number of carbonyl (C=O) groups is 1. The van der Waals surface area contributed by atoms with E-state index < -0.39 is 21.8 Å². The van der Waals surface area contributed by atoms with E-state index in [1.165, 1.54) is 4.31 Å². The summed E-state index contributed by atoms with van der Waals surface area (Å²) in [5, 5.41) is 17.4. The molecule has 1 aliphatic heterocycles. The van der Waals surface area contributed by atoms with E-state index in [0.717, 1.165) is 25.0 Å². The van der Waals surface area contributed by atoms with Crippen molar-refractivity contribution in [3.63, 3.8) is 0 Å². The number of aliphatic hydroxyl groups is 1. The fourth-order valence-corrected chi connectivity index (χ4v) is 4.06. The monoisotopic (exact) mass is 303 g/mol. The van der Waals surface area contributed by atoms with E-state index in [0.29, 0.717) is 19.4 Å². The zero-order valence-corrected chi connectivity index (χ0v) is 11.7. The molecular weight excluding hydrogens is 286 g/mol. The lowest BCUT2D eigenvalue weighted by molar-refractivity contribution is 0.0656. The third-order valence-electron chi connectivity index (χ3n) is 3.39. The molecule has 0 saturated carbocycles. The van der Waals surface area contributed by atoms with Gasteiger partial charge in [-0.15, -0.1) is 0 Å². The Hall–Kier alpha value is -1.38. The Kier molecular flexibility index (Phi) is 4.46. The highest BCUT2D eigenvalue weighted by atomic mass is 32.2. The second-order valence-electron chi connectivity index (χ2n) is 4.70. The molecule has 2 N–H and O–H groups in total. The standard InChI is InChI=1S/C12H17NO6S/c14-8-6-9-3-1-2-7-13(9)20(17,18)11-5-4-10(19-11)12(15)16/h4-5,9,14H,1-3,6-8H2,(H,15,16). The Morgan fingerprint density at radius 3 is 2.75 bits per heavy atom. The van der Waals surface area contributed by atoms with Crippen molar-refractivity contribution in [2.45, 2.75) is 36.8 Å². The summed E-state index contributed by atoms with van der Waals surface area (Å²) in [7, 11) is -3.85. The fourth-order valence-electron chi connectivity index (χ4n) is 2.42. The van der Waals surface area contributed by atoms with E-state index >= 15 is 0 Å². The van der Waals surface area contributed by atoms with Gasteiger partial charge in [-0.2, -0.15) is 4.31 Å². The predicted molar refractivity (Wildman–Crippen MR) is 68.9 cm³/mol. The highest BCUT2D eigenvalue weighted by molar-refractivity contribution is 7.89. The van der Waals surface area contributed by atoms with Crippen LogP contribution in [0.2, 0.25) is 0 Å². The molecule has 0 aliphatic carbocycles. The van der Waals surface area contributed by atoms with Crippen molar-refractivity contribution in [1.82, 2.24) is 4.31 Å². The lowest BCUT2D eigenvalue weighted by Gasteiger charge is -2.33. The van der Waals surface area contributed by atoms with Crippen LogP contribution in [0.3, 0.4) is 0 Å². The Morgan fingerprint density at radius 1 is 1.40 bits per heavy atom. The number of aromatic carboxylic acids is 1. The Morgan fingerprint density at radius 2 is 2.15 bits per heavy atom. The zero-order valence-electron chi connectivity index (χ0n) is 10.9. The topological polar surface area (TPSA) is 108 Å². The van der Waals surface area contributed by atoms with Crippen molar-refractivity contribution in [1.29, 1.82) is 0 Å². The van der Waals surface area contributed by atoms with Gasteiger partial charge in [-0.1, -0.05) is 6.42 Å². The summed E-state index contributed by atoms with van der Waals surface area (Å²) in [6.07, 6.45) is 2.71. The van der Waals surface area contributed by atoms with Crippen molar-refractivity contribution in [2.24, 2.45) is 0 Å². The number of carboxylic acid groups (broad SMARTS) is 1. The normalized spacial score (nSPS) is 20.9. The number of sulfonamides is 1. The summed E-state index contributed by atoms with van der Waals surface area (Å²) in [5.41, 5.74) is 0. The largest absolute Gasteiger partial charge is 0.475 e. The van der Waals surface area contributed by atoms with E-state index in [1.807, 2.05) is 0 Å². The lowest BCUT2D eigenvalue weighted by Crippen LogP contribution is -2.43. The predicted octanol–water partition coefficient (Wildman–Crippen LogP) is 0.903. The maximum Gasteiger partial charge on any atom is 0.371 e. The summed E-state index contributed by atoms with van der Waals surface area (Å²) in [6, 6.07) is 2.01. The molecule has 112 valence electrons. The summed E-state index contributed by atoms with van der Waals surface area (Å²) in [4.78, 5) is 10.7. The van der Waals surface area contributed by atoms with Crippen LogP contribution in [0, 0.1) is 0 Å². The van der Waals surface area contributed by atoms with Gasteiger partial charge in [0.2, 0.25) is 10.9 Å². The van der Waals surface area contributed by atoms with Crippen LogP contribution in [0.1, 0.15) is 36.2 Å². The molecule has 20 heavy (non-hydrogen) atoms. The van der Waals surface area contributed by atoms with Gasteiger partial charge in [-0.25, -0.2) is 13.2 Å². The van der Waals surface area contributed by atoms with Crippen molar-refractivity contribution in [2.75, 3.05) is 13.2 Å². The van der Waals surface area contributed by atoms with Gasteiger partial charge in [0, 0.05) is 19.2 Å². The molecule has 1 saturated heterocycles. The van der Waals surface area contributed by atoms with Gasteiger partial charge in [-0.3, -0.25) is 0 Å². The van der Waals surface area contributed by atoms with Gasteiger partial charge < -0.3 is 14.6 Å². The lowest BCUT2D eigenvalue weighted by atomic mass is 10.0. The van der Waals surface area contributed by atoms with Gasteiger partial charge in [-0.05, 0) is 31.4 Å². The Bertz CT molecular complexity index is 577. The third kappa shape index (κ3) is 2.87. The molecule has 0 radical (unpaired) electrons. The highest BCUT2D eigenvalue weighted by Gasteiger charge is 2.35. The Labute approximate surface area is 116 Å². The molecule has 0 aromatic carbocycles. The molecule has 0 bridgehead atoms. The zero-order chi connectivity index (χ0) is 14.8. The van der Waals surface area contributed by atoms with Crippen molar-refractivity contribution >= 4 is 16.0 Å². The van der Waals surface area contributed by atoms with Gasteiger partial charge in [0.1, 0.15) is 0 Å². The summed E-state index contributed by atoms with van der Waals surface area (Å²) in [5.74, 6) is -1.71. The van der Waals surface area contributed by atoms with E-state index in [-0.39, 0.29) is 17.7 Å². The number of carboxylic acids is 1. The second-order valence-corrected chi connectivity index (χ2v) is 6.52. The molecule has 2 rings (SSSR count). The van der Waals surface area contributed by atoms with Crippen LogP contribution in [0.15, 0.2) is 21.6 Å². The van der Waals surface area contributed by atoms with E-state index in [1.54, 1.807) is 0 Å². The van der Waals surface area contributed by atoms with Crippen LogP contribution in [0.4, 0.5) is 0 Å². The minimum Gasteiger partial charge on any atom is -0.475 e. The molecular formula is C12H17NO6S. The maximum absolute atomic E-state index is 12.5. The van der Waals surface area contributed by atoms with Crippen molar-refractivity contribution in [3.05, 3.63) is 17.9 Å². The smallest absolute Gasteiger partial charge is 0.371 e. The van der Waals surface area contributed by atoms with Gasteiger partial charge in [0.25, 0.3) is 10.0 Å². The van der Waals surface area contributed by atoms with E-state index in [9.17, 15) is 13.2 Å². The van der Waals surface area contributed by atoms with Gasteiger partial charge in [0.15, 0.2) is 0 Å². The summed E-state index contributed by atoms with van der Waals surface area (Å²) in [6.45, 7) is 0.269. The second kappa shape index (κ2) is 5.94. The number of aliphatic hydroxyl groups excluding tert-OH is 1. The first-order valence-electron chi connectivity index (χ1n) is 6.42. The molecule has 0 spiro atoms. The molecule has 1 atom stereocenters. The number of hydrogen-bond acceptors (Lipinski definition) is 5. The molecule has 1 aromatic heterocycles. The minimum atomic E-state index is -3.85. The van der Waals surface area contributed by atoms with Crippen LogP contribution in [-0.4, -0.2) is 48.1 Å². The summed E-state index contributed by atoms with van der Waals surface area (Å²) < 4.78 is 31.1. The number of rotatable bonds is 5. The first kappa shape index (κ1) is 15.0. The van der Waals surface area contributed by atoms with Gasteiger partial charge in [0.05, 0.1) is 0 Å². The van der Waals surface area contributed by atoms with Crippen molar-refractivity contribution < 1.29 is 27.8 Å². The Balaban J connectivity index is 2.29. The quantitative estimate of drug-likeness (QED) is 0.836. The van der Waals surface area contributed by atoms with E-state index in [4.69, 9.17) is 14.6 Å². The molecule has 7 nitrogen and oxygen atoms in total. The average molecular weight is 303 g/mol. The van der Waals surface area contributed by atoms with Gasteiger partial charge >= 0.3 is 5.97 Å². The number of furan rings is 1. The maximum atomic E-state index is 12.5. The van der Waals surface area contributed by atoms with Crippen LogP contribution in [0.25, 0.3) is 0 Å². The fraction of sp³-hybridized carbons (Fsp3) is 0.583. The molecule has 1 fully saturated rings. The third-order valence-corrected chi connectivity index (χ3v) is 5.22. The first-order chi connectivity index (χ1) is 9.46.